The summed E-state index contributed by atoms with van der Waals surface area (Å²) in [4.78, 5) is 29.6. The number of carbonyl (C=O) groups is 2. The number of halogens is 3. The van der Waals surface area contributed by atoms with Gasteiger partial charge in [-0.15, -0.1) is 11.3 Å². The van der Waals surface area contributed by atoms with Crippen molar-refractivity contribution in [1.82, 2.24) is 10.2 Å². The maximum absolute atomic E-state index is 13.9. The van der Waals surface area contributed by atoms with Gasteiger partial charge in [-0.3, -0.25) is 9.59 Å². The van der Waals surface area contributed by atoms with Gasteiger partial charge in [0.05, 0.1) is 26.3 Å². The predicted molar refractivity (Wildman–Crippen MR) is 146 cm³/mol. The maximum atomic E-state index is 13.9. The molecule has 2 amide bonds. The van der Waals surface area contributed by atoms with Crippen LogP contribution in [0.1, 0.15) is 38.0 Å². The second kappa shape index (κ2) is 12.7. The molecule has 0 spiro atoms. The van der Waals surface area contributed by atoms with E-state index in [4.69, 9.17) is 9.47 Å². The Morgan fingerprint density at radius 1 is 0.900 bits per heavy atom. The van der Waals surface area contributed by atoms with Gasteiger partial charge in [0.1, 0.15) is 17.5 Å². The van der Waals surface area contributed by atoms with E-state index >= 15 is 0 Å². The van der Waals surface area contributed by atoms with E-state index in [2.05, 4.69) is 5.32 Å². The van der Waals surface area contributed by atoms with Gasteiger partial charge in [-0.2, -0.15) is 13.2 Å². The minimum Gasteiger partial charge on any atom is -0.497 e. The molecule has 1 N–H and O–H groups in total. The summed E-state index contributed by atoms with van der Waals surface area (Å²) in [5.74, 6) is -0.0361. The van der Waals surface area contributed by atoms with Crippen molar-refractivity contribution in [2.45, 2.75) is 25.3 Å². The fourth-order valence-corrected chi connectivity index (χ4v) is 5.13. The van der Waals surface area contributed by atoms with Crippen molar-refractivity contribution in [1.29, 1.82) is 0 Å². The normalized spacial score (nSPS) is 11.9. The molecule has 0 fully saturated rings. The lowest BCUT2D eigenvalue weighted by Crippen LogP contribution is -2.43. The molecule has 1 heterocycles. The zero-order valence-electron chi connectivity index (χ0n) is 21.8. The molecular formula is C30H27F3N2O4S. The lowest BCUT2D eigenvalue weighted by Gasteiger charge is -2.31. The summed E-state index contributed by atoms with van der Waals surface area (Å²) in [7, 11) is 3.01. The zero-order valence-corrected chi connectivity index (χ0v) is 22.6. The first-order valence-electron chi connectivity index (χ1n) is 12.3. The predicted octanol–water partition coefficient (Wildman–Crippen LogP) is 6.48. The number of methoxy groups -OCH3 is 2. The second-order valence-corrected chi connectivity index (χ2v) is 9.75. The number of hydrogen-bond donors (Lipinski definition) is 1. The third-order valence-electron chi connectivity index (χ3n) is 6.27. The number of benzene rings is 3. The monoisotopic (exact) mass is 568 g/mol. The number of hydrogen-bond acceptors (Lipinski definition) is 5. The van der Waals surface area contributed by atoms with E-state index in [1.165, 1.54) is 48.7 Å². The molecule has 1 atom stereocenters. The number of alkyl halides is 3. The number of thiophene rings is 1. The first-order valence-corrected chi connectivity index (χ1v) is 13.1. The average Bonchev–Trinajstić information content (AvgIpc) is 3.50. The van der Waals surface area contributed by atoms with E-state index in [-0.39, 0.29) is 18.7 Å². The third kappa shape index (κ3) is 6.63. The van der Waals surface area contributed by atoms with Crippen LogP contribution >= 0.6 is 11.3 Å². The third-order valence-corrected chi connectivity index (χ3v) is 7.19. The molecule has 0 saturated carbocycles. The summed E-state index contributed by atoms with van der Waals surface area (Å²) in [5, 5.41) is 4.41. The van der Waals surface area contributed by atoms with Crippen LogP contribution in [0.25, 0.3) is 0 Å². The smallest absolute Gasteiger partial charge is 0.416 e. The van der Waals surface area contributed by atoms with Crippen molar-refractivity contribution in [3.05, 3.63) is 117 Å². The molecule has 208 valence electrons. The van der Waals surface area contributed by atoms with Crippen molar-refractivity contribution in [3.63, 3.8) is 0 Å². The minimum atomic E-state index is -4.57. The highest BCUT2D eigenvalue weighted by Gasteiger charge is 2.35. The number of amides is 2. The van der Waals surface area contributed by atoms with E-state index in [1.54, 1.807) is 66.0 Å². The highest BCUT2D eigenvalue weighted by atomic mass is 32.1. The van der Waals surface area contributed by atoms with E-state index in [0.29, 0.717) is 27.5 Å². The molecule has 40 heavy (non-hydrogen) atoms. The standard InChI is InChI=1S/C30H27F3N2O4S/c1-38-23-15-14-22(25(17-23)39-2)19-35(29(37)20-9-4-3-5-10-20)27(26-13-8-16-40-26)28(36)34-18-21-11-6-7-12-24(21)30(31,32)33/h3-17,27H,18-19H2,1-2H3,(H,34,36). The van der Waals surface area contributed by atoms with Gasteiger partial charge in [-0.1, -0.05) is 42.5 Å². The van der Waals surface area contributed by atoms with Crippen molar-refractivity contribution >= 4 is 23.2 Å². The van der Waals surface area contributed by atoms with Crippen LogP contribution in [-0.4, -0.2) is 30.9 Å². The molecule has 10 heteroatoms. The number of rotatable bonds is 10. The molecule has 0 bridgehead atoms. The molecular weight excluding hydrogens is 541 g/mol. The Balaban J connectivity index is 1.73. The number of nitrogens with one attached hydrogen (secondary N) is 1. The Labute approximate surface area is 234 Å². The number of ether oxygens (including phenoxy) is 2. The van der Waals surface area contributed by atoms with E-state index in [9.17, 15) is 22.8 Å². The fourth-order valence-electron chi connectivity index (χ4n) is 4.29. The quantitative estimate of drug-likeness (QED) is 0.238. The van der Waals surface area contributed by atoms with Crippen LogP contribution in [0, 0.1) is 0 Å². The van der Waals surface area contributed by atoms with Gasteiger partial charge in [0.2, 0.25) is 5.91 Å². The van der Waals surface area contributed by atoms with Crippen LogP contribution in [0.3, 0.4) is 0 Å². The Morgan fingerprint density at radius 2 is 1.62 bits per heavy atom. The molecule has 0 radical (unpaired) electrons. The highest BCUT2D eigenvalue weighted by Crippen LogP contribution is 2.34. The molecule has 0 aliphatic rings. The van der Waals surface area contributed by atoms with Gasteiger partial charge in [0.25, 0.3) is 5.91 Å². The minimum absolute atomic E-state index is 0.0178. The summed E-state index contributed by atoms with van der Waals surface area (Å²) in [5.41, 5.74) is 0.0605. The largest absolute Gasteiger partial charge is 0.497 e. The topological polar surface area (TPSA) is 67.9 Å². The first-order chi connectivity index (χ1) is 19.2. The SMILES string of the molecule is COc1ccc(CN(C(=O)c2ccccc2)C(C(=O)NCc2ccccc2C(F)(F)F)c2cccs2)c(OC)c1. The van der Waals surface area contributed by atoms with E-state index in [0.717, 1.165) is 6.07 Å². The van der Waals surface area contributed by atoms with Gasteiger partial charge in [0, 0.05) is 28.6 Å². The van der Waals surface area contributed by atoms with Gasteiger partial charge in [-0.25, -0.2) is 0 Å². The first kappa shape index (κ1) is 28.7. The fraction of sp³-hybridized carbons (Fsp3) is 0.200. The molecule has 4 aromatic rings. The van der Waals surface area contributed by atoms with Crippen LogP contribution in [0.15, 0.2) is 90.3 Å². The van der Waals surface area contributed by atoms with E-state index < -0.39 is 29.6 Å². The van der Waals surface area contributed by atoms with Crippen molar-refractivity contribution in [2.24, 2.45) is 0 Å². The van der Waals surface area contributed by atoms with Crippen LogP contribution in [-0.2, 0) is 24.1 Å². The summed E-state index contributed by atoms with van der Waals surface area (Å²) in [6.45, 7) is -0.383. The molecule has 1 aromatic heterocycles. The Kier molecular flexibility index (Phi) is 9.11. The molecule has 0 saturated heterocycles. The Hall–Kier alpha value is -4.31. The molecule has 0 aliphatic carbocycles. The Bertz CT molecular complexity index is 1440. The summed E-state index contributed by atoms with van der Waals surface area (Å²) in [6.07, 6.45) is -4.57. The molecule has 3 aromatic carbocycles. The number of carbonyl (C=O) groups excluding carboxylic acids is 2. The Morgan fingerprint density at radius 3 is 2.27 bits per heavy atom. The van der Waals surface area contributed by atoms with Crippen LogP contribution in [0.4, 0.5) is 13.2 Å². The van der Waals surface area contributed by atoms with Crippen molar-refractivity contribution < 1.29 is 32.2 Å². The highest BCUT2D eigenvalue weighted by molar-refractivity contribution is 7.10. The van der Waals surface area contributed by atoms with Crippen LogP contribution in [0.2, 0.25) is 0 Å². The molecule has 4 rings (SSSR count). The van der Waals surface area contributed by atoms with Crippen LogP contribution < -0.4 is 14.8 Å². The van der Waals surface area contributed by atoms with Crippen molar-refractivity contribution in [3.8, 4) is 11.5 Å². The second-order valence-electron chi connectivity index (χ2n) is 8.77. The maximum Gasteiger partial charge on any atom is 0.416 e. The van der Waals surface area contributed by atoms with Gasteiger partial charge in [0.15, 0.2) is 0 Å². The summed E-state index contributed by atoms with van der Waals surface area (Å²) in [6, 6.07) is 21.0. The summed E-state index contributed by atoms with van der Waals surface area (Å²) >= 11 is 1.27. The van der Waals surface area contributed by atoms with Gasteiger partial charge in [-0.05, 0) is 47.3 Å². The average molecular weight is 569 g/mol. The lowest BCUT2D eigenvalue weighted by molar-refractivity contribution is -0.138. The van der Waals surface area contributed by atoms with Crippen LogP contribution in [0.5, 0.6) is 11.5 Å². The number of nitrogens with zero attached hydrogens (tertiary/aromatic N) is 1. The van der Waals surface area contributed by atoms with E-state index in [1.807, 2.05) is 0 Å². The summed E-state index contributed by atoms with van der Waals surface area (Å²) < 4.78 is 51.5. The molecule has 1 unspecified atom stereocenters. The van der Waals surface area contributed by atoms with Crippen molar-refractivity contribution in [2.75, 3.05) is 14.2 Å². The molecule has 0 aliphatic heterocycles. The lowest BCUT2D eigenvalue weighted by atomic mass is 10.1. The van der Waals surface area contributed by atoms with Gasteiger partial charge < -0.3 is 19.7 Å². The van der Waals surface area contributed by atoms with Gasteiger partial charge >= 0.3 is 6.18 Å². The zero-order chi connectivity index (χ0) is 28.7. The molecule has 6 nitrogen and oxygen atoms in total.